The molecular formula is C13H14N2OS. The number of carbonyl (C=O) groups excluding carboxylic acids is 1. The van der Waals surface area contributed by atoms with E-state index in [4.69, 9.17) is 0 Å². The molecule has 0 unspecified atom stereocenters. The average molecular weight is 246 g/mol. The van der Waals surface area contributed by atoms with Crippen molar-refractivity contribution in [1.82, 2.24) is 10.3 Å². The highest BCUT2D eigenvalue weighted by Gasteiger charge is 2.10. The maximum Gasteiger partial charge on any atom is 0.251 e. The fraction of sp³-hybridized carbons (Fsp3) is 0.231. The monoisotopic (exact) mass is 246 g/mol. The van der Waals surface area contributed by atoms with Crippen LogP contribution in [0.3, 0.4) is 0 Å². The Morgan fingerprint density at radius 2 is 2.18 bits per heavy atom. The van der Waals surface area contributed by atoms with Gasteiger partial charge in [-0.25, -0.2) is 0 Å². The van der Waals surface area contributed by atoms with Crippen LogP contribution in [0.5, 0.6) is 0 Å². The summed E-state index contributed by atoms with van der Waals surface area (Å²) in [5.74, 6) is -0.0449. The summed E-state index contributed by atoms with van der Waals surface area (Å²) in [4.78, 5) is 17.0. The second-order valence-corrected chi connectivity index (χ2v) is 4.93. The molecule has 2 heterocycles. The quantitative estimate of drug-likeness (QED) is 0.900. The second kappa shape index (κ2) is 5.59. The number of rotatable bonds is 4. The zero-order valence-electron chi connectivity index (χ0n) is 9.59. The lowest BCUT2D eigenvalue weighted by Crippen LogP contribution is -2.33. The number of nitrogens with zero attached hydrogens (tertiary/aromatic N) is 1. The lowest BCUT2D eigenvalue weighted by atomic mass is 10.2. The van der Waals surface area contributed by atoms with Gasteiger partial charge < -0.3 is 5.32 Å². The first-order valence-electron chi connectivity index (χ1n) is 5.49. The van der Waals surface area contributed by atoms with Crippen LogP contribution in [0.15, 0.2) is 42.0 Å². The minimum atomic E-state index is -0.0449. The minimum Gasteiger partial charge on any atom is -0.349 e. The highest BCUT2D eigenvalue weighted by atomic mass is 32.1. The third-order valence-corrected chi connectivity index (χ3v) is 3.31. The molecule has 88 valence electrons. The molecule has 0 aliphatic carbocycles. The zero-order valence-corrected chi connectivity index (χ0v) is 10.4. The first-order valence-corrected chi connectivity index (χ1v) is 6.37. The molecule has 1 N–H and O–H groups in total. The molecule has 3 nitrogen and oxygen atoms in total. The minimum absolute atomic E-state index is 0.0449. The van der Waals surface area contributed by atoms with Gasteiger partial charge in [0.15, 0.2) is 0 Å². The predicted molar refractivity (Wildman–Crippen MR) is 69.2 cm³/mol. The Bertz CT molecular complexity index is 467. The van der Waals surface area contributed by atoms with Crippen molar-refractivity contribution in [3.63, 3.8) is 0 Å². The van der Waals surface area contributed by atoms with Gasteiger partial charge in [-0.1, -0.05) is 6.07 Å². The van der Waals surface area contributed by atoms with Crippen LogP contribution in [0.25, 0.3) is 0 Å². The Hall–Kier alpha value is -1.68. The van der Waals surface area contributed by atoms with Gasteiger partial charge in [0, 0.05) is 35.3 Å². The van der Waals surface area contributed by atoms with Crippen molar-refractivity contribution in [2.45, 2.75) is 19.4 Å². The van der Waals surface area contributed by atoms with Gasteiger partial charge in [-0.05, 0) is 30.5 Å². The Morgan fingerprint density at radius 1 is 1.41 bits per heavy atom. The molecule has 2 aromatic rings. The molecule has 2 aromatic heterocycles. The maximum atomic E-state index is 11.8. The maximum absolute atomic E-state index is 11.8. The van der Waals surface area contributed by atoms with E-state index in [9.17, 15) is 4.79 Å². The normalized spacial score (nSPS) is 12.1. The van der Waals surface area contributed by atoms with Crippen LogP contribution in [-0.4, -0.2) is 16.9 Å². The van der Waals surface area contributed by atoms with Gasteiger partial charge in [-0.15, -0.1) is 11.3 Å². The summed E-state index contributed by atoms with van der Waals surface area (Å²) in [6.45, 7) is 2.01. The molecular weight excluding hydrogens is 232 g/mol. The van der Waals surface area contributed by atoms with Gasteiger partial charge in [0.2, 0.25) is 0 Å². The molecule has 0 saturated heterocycles. The van der Waals surface area contributed by atoms with Gasteiger partial charge in [0.1, 0.15) is 0 Å². The lowest BCUT2D eigenvalue weighted by molar-refractivity contribution is 0.0940. The van der Waals surface area contributed by atoms with Crippen molar-refractivity contribution in [3.8, 4) is 0 Å². The predicted octanol–water partition coefficient (Wildman–Crippen LogP) is 2.50. The number of pyridine rings is 1. The topological polar surface area (TPSA) is 42.0 Å². The molecule has 1 amide bonds. The molecule has 0 radical (unpaired) electrons. The molecule has 1 atom stereocenters. The van der Waals surface area contributed by atoms with Gasteiger partial charge >= 0.3 is 0 Å². The van der Waals surface area contributed by atoms with E-state index in [1.807, 2.05) is 18.4 Å². The number of carbonyl (C=O) groups is 1. The summed E-state index contributed by atoms with van der Waals surface area (Å²) in [6, 6.07) is 7.67. The number of amides is 1. The van der Waals surface area contributed by atoms with E-state index in [2.05, 4.69) is 16.4 Å². The molecule has 0 saturated carbocycles. The SMILES string of the molecule is C[C@H](Cc1cccs1)NC(=O)c1ccncc1. The van der Waals surface area contributed by atoms with Crippen molar-refractivity contribution >= 4 is 17.2 Å². The van der Waals surface area contributed by atoms with Crippen molar-refractivity contribution in [2.24, 2.45) is 0 Å². The van der Waals surface area contributed by atoms with Crippen molar-refractivity contribution in [2.75, 3.05) is 0 Å². The Labute approximate surface area is 105 Å². The van der Waals surface area contributed by atoms with Crippen LogP contribution in [0, 0.1) is 0 Å². The molecule has 2 rings (SSSR count). The van der Waals surface area contributed by atoms with Crippen LogP contribution < -0.4 is 5.32 Å². The molecule has 0 fully saturated rings. The number of thiophene rings is 1. The van der Waals surface area contributed by atoms with Crippen molar-refractivity contribution < 1.29 is 4.79 Å². The van der Waals surface area contributed by atoms with Crippen LogP contribution in [-0.2, 0) is 6.42 Å². The van der Waals surface area contributed by atoms with Crippen LogP contribution in [0.1, 0.15) is 22.2 Å². The molecule has 17 heavy (non-hydrogen) atoms. The van der Waals surface area contributed by atoms with Crippen molar-refractivity contribution in [3.05, 3.63) is 52.5 Å². The largest absolute Gasteiger partial charge is 0.349 e. The van der Waals surface area contributed by atoms with E-state index in [0.717, 1.165) is 6.42 Å². The van der Waals surface area contributed by atoms with E-state index in [-0.39, 0.29) is 11.9 Å². The van der Waals surface area contributed by atoms with Crippen LogP contribution >= 0.6 is 11.3 Å². The van der Waals surface area contributed by atoms with E-state index in [1.165, 1.54) is 4.88 Å². The summed E-state index contributed by atoms with van der Waals surface area (Å²) in [5.41, 5.74) is 0.651. The highest BCUT2D eigenvalue weighted by Crippen LogP contribution is 2.11. The third-order valence-electron chi connectivity index (χ3n) is 2.41. The van der Waals surface area contributed by atoms with Crippen molar-refractivity contribution in [1.29, 1.82) is 0 Å². The molecule has 4 heteroatoms. The van der Waals surface area contributed by atoms with E-state index in [0.29, 0.717) is 5.56 Å². The molecule has 0 aliphatic rings. The summed E-state index contributed by atoms with van der Waals surface area (Å²) in [5, 5.41) is 5.02. The standard InChI is InChI=1S/C13H14N2OS/c1-10(9-12-3-2-8-17-12)15-13(16)11-4-6-14-7-5-11/h2-8,10H,9H2,1H3,(H,15,16)/t10-/m1/s1. The number of hydrogen-bond acceptors (Lipinski definition) is 3. The van der Waals surface area contributed by atoms with E-state index >= 15 is 0 Å². The summed E-state index contributed by atoms with van der Waals surface area (Å²) in [7, 11) is 0. The van der Waals surface area contributed by atoms with Gasteiger partial charge in [-0.2, -0.15) is 0 Å². The highest BCUT2D eigenvalue weighted by molar-refractivity contribution is 7.09. The van der Waals surface area contributed by atoms with Gasteiger partial charge in [0.05, 0.1) is 0 Å². The number of aromatic nitrogens is 1. The van der Waals surface area contributed by atoms with Crippen LogP contribution in [0.4, 0.5) is 0 Å². The Kier molecular flexibility index (Phi) is 3.88. The zero-order chi connectivity index (χ0) is 12.1. The Morgan fingerprint density at radius 3 is 2.82 bits per heavy atom. The summed E-state index contributed by atoms with van der Waals surface area (Å²) in [6.07, 6.45) is 4.12. The first-order chi connectivity index (χ1) is 8.25. The third kappa shape index (κ3) is 3.39. The summed E-state index contributed by atoms with van der Waals surface area (Å²) < 4.78 is 0. The van der Waals surface area contributed by atoms with E-state index in [1.54, 1.807) is 35.9 Å². The molecule has 0 aromatic carbocycles. The molecule has 0 spiro atoms. The van der Waals surface area contributed by atoms with Gasteiger partial charge in [0.25, 0.3) is 5.91 Å². The fourth-order valence-corrected chi connectivity index (χ4v) is 2.43. The first kappa shape index (κ1) is 11.8. The fourth-order valence-electron chi connectivity index (χ4n) is 1.59. The Balaban J connectivity index is 1.91. The number of nitrogens with one attached hydrogen (secondary N) is 1. The summed E-state index contributed by atoms with van der Waals surface area (Å²) >= 11 is 1.71. The lowest BCUT2D eigenvalue weighted by Gasteiger charge is -2.12. The van der Waals surface area contributed by atoms with E-state index < -0.39 is 0 Å². The molecule has 0 aliphatic heterocycles. The average Bonchev–Trinajstić information content (AvgIpc) is 2.82. The van der Waals surface area contributed by atoms with Gasteiger partial charge in [-0.3, -0.25) is 9.78 Å². The molecule has 0 bridgehead atoms. The van der Waals surface area contributed by atoms with Crippen LogP contribution in [0.2, 0.25) is 0 Å². The second-order valence-electron chi connectivity index (χ2n) is 3.89. The smallest absolute Gasteiger partial charge is 0.251 e. The number of hydrogen-bond donors (Lipinski definition) is 1.